The number of carbonyl (C=O) groups is 1. The Labute approximate surface area is 128 Å². The van der Waals surface area contributed by atoms with E-state index >= 15 is 0 Å². The molecule has 116 valence electrons. The number of allylic oxidation sites excluding steroid dienone is 1. The van der Waals surface area contributed by atoms with Gasteiger partial charge in [-0.25, -0.2) is 4.79 Å². The molecule has 20 heavy (non-hydrogen) atoms. The average Bonchev–Trinajstić information content (AvgIpc) is 2.30. The lowest BCUT2D eigenvalue weighted by atomic mass is 10.4. The predicted molar refractivity (Wildman–Crippen MR) is 95.0 cm³/mol. The van der Waals surface area contributed by atoms with Crippen molar-refractivity contribution in [1.82, 2.24) is 0 Å². The highest BCUT2D eigenvalue weighted by atomic mass is 28.4. The molecule has 0 unspecified atom stereocenters. The van der Waals surface area contributed by atoms with E-state index in [1.807, 2.05) is 0 Å². The van der Waals surface area contributed by atoms with Crippen molar-refractivity contribution in [1.29, 1.82) is 0 Å². The summed E-state index contributed by atoms with van der Waals surface area (Å²) < 4.78 is 11.6. The van der Waals surface area contributed by atoms with E-state index in [0.717, 1.165) is 0 Å². The summed E-state index contributed by atoms with van der Waals surface area (Å²) in [6.45, 7) is 18.2. The van der Waals surface area contributed by atoms with Crippen molar-refractivity contribution in [3.63, 3.8) is 0 Å². The lowest BCUT2D eigenvalue weighted by Gasteiger charge is -2.33. The molecule has 0 aromatic rings. The number of carbonyl (C=O) groups excluding carboxylic acids is 1. The van der Waals surface area contributed by atoms with Crippen LogP contribution in [0, 0.1) is 0 Å². The molecule has 0 fully saturated rings. The zero-order valence-electron chi connectivity index (χ0n) is 13.8. The van der Waals surface area contributed by atoms with Gasteiger partial charge in [-0.1, -0.05) is 18.2 Å². The molecule has 0 aliphatic heterocycles. The van der Waals surface area contributed by atoms with Crippen molar-refractivity contribution in [3.8, 4) is 0 Å². The highest BCUT2D eigenvalue weighted by molar-refractivity contribution is 6.85. The van der Waals surface area contributed by atoms with E-state index < -0.39 is 16.6 Å². The molecule has 0 radical (unpaired) electrons. The number of hydrogen-bond donors (Lipinski definition) is 0. The molecule has 0 aliphatic rings. The minimum Gasteiger partial charge on any atom is -0.463 e. The van der Waals surface area contributed by atoms with Gasteiger partial charge in [0.1, 0.15) is 6.23 Å². The first-order valence-corrected chi connectivity index (χ1v) is 15.4. The average molecular weight is 331 g/mol. The molecule has 6 heteroatoms. The molecule has 0 amide bonds. The van der Waals surface area contributed by atoms with Gasteiger partial charge in [-0.15, -0.1) is 6.58 Å². The van der Waals surface area contributed by atoms with Crippen LogP contribution in [-0.4, -0.2) is 38.4 Å². The van der Waals surface area contributed by atoms with Gasteiger partial charge in [0.05, 0.1) is 0 Å². The summed E-state index contributed by atoms with van der Waals surface area (Å²) >= 11 is 0. The number of hydrogen-bond acceptors (Lipinski definition) is 3. The second-order valence-corrected chi connectivity index (χ2v) is 17.2. The van der Waals surface area contributed by atoms with Crippen LogP contribution >= 0.6 is 0 Å². The van der Waals surface area contributed by atoms with Gasteiger partial charge in [-0.3, -0.25) is 0 Å². The maximum Gasteiger partial charge on any atom is 0.329 e. The molecule has 0 aromatic carbocycles. The maximum absolute atomic E-state index is 11.1. The molecule has 0 aliphatic carbocycles. The van der Waals surface area contributed by atoms with Crippen LogP contribution in [0.5, 0.6) is 0 Å². The molecule has 0 bridgehead atoms. The van der Waals surface area contributed by atoms with Crippen molar-refractivity contribution < 1.29 is 13.6 Å². The smallest absolute Gasteiger partial charge is 0.329 e. The van der Waals surface area contributed by atoms with Gasteiger partial charge in [0.2, 0.25) is 8.32 Å². The molecule has 0 heterocycles. The molecule has 0 rings (SSSR count). The molecule has 0 saturated carbocycles. The number of rotatable bonds is 10. The van der Waals surface area contributed by atoms with Crippen LogP contribution in [0.2, 0.25) is 44.3 Å². The quantitative estimate of drug-likeness (QED) is 0.203. The van der Waals surface area contributed by atoms with E-state index in [1.165, 1.54) is 29.8 Å². The van der Waals surface area contributed by atoms with Crippen molar-refractivity contribution in [2.75, 3.05) is 6.23 Å². The lowest BCUT2D eigenvalue weighted by Crippen LogP contribution is -2.48. The molecular formula is C14H30O3Si3. The number of ether oxygens (including phenoxy) is 1. The van der Waals surface area contributed by atoms with Crippen LogP contribution in [0.3, 0.4) is 0 Å². The Kier molecular flexibility index (Phi) is 8.57. The van der Waals surface area contributed by atoms with Crippen molar-refractivity contribution in [2.45, 2.75) is 51.2 Å². The van der Waals surface area contributed by atoms with Crippen molar-refractivity contribution in [3.05, 3.63) is 24.8 Å². The van der Waals surface area contributed by atoms with Gasteiger partial charge in [-0.05, 0) is 45.2 Å². The first-order chi connectivity index (χ1) is 9.08. The molecular weight excluding hydrogens is 300 g/mol. The van der Waals surface area contributed by atoms with E-state index in [2.05, 4.69) is 46.3 Å². The van der Waals surface area contributed by atoms with Gasteiger partial charge >= 0.3 is 5.97 Å². The van der Waals surface area contributed by atoms with Crippen LogP contribution in [0.15, 0.2) is 24.8 Å². The molecule has 0 atom stereocenters. The second-order valence-electron chi connectivity index (χ2n) is 6.60. The Morgan fingerprint density at radius 1 is 1.25 bits per heavy atom. The predicted octanol–water partition coefficient (Wildman–Crippen LogP) is 3.26. The lowest BCUT2D eigenvalue weighted by molar-refractivity contribution is -0.136. The SMILES string of the molecule is C=CC(=O)OC[Si](C)(C)O[Si](C)(C)CC[SiH2]CC(=C)C. The summed E-state index contributed by atoms with van der Waals surface area (Å²) in [5, 5.41) is 0. The van der Waals surface area contributed by atoms with Crippen LogP contribution < -0.4 is 0 Å². The topological polar surface area (TPSA) is 35.5 Å². The standard InChI is InChI=1S/C14H30O3Si3/c1-8-14(15)16-12-20(6,7)17-19(4,5)10-9-18-11-13(2)3/h8H,1-2,9-12,18H2,3-7H3. The highest BCUT2D eigenvalue weighted by Gasteiger charge is 2.33. The third-order valence-corrected chi connectivity index (χ3v) is 12.5. The summed E-state index contributed by atoms with van der Waals surface area (Å²) in [5.74, 6) is -0.359. The van der Waals surface area contributed by atoms with Gasteiger partial charge in [0.25, 0.3) is 0 Å². The van der Waals surface area contributed by atoms with Crippen molar-refractivity contribution >= 4 is 32.1 Å². The Hall–Kier alpha value is -0.439. The van der Waals surface area contributed by atoms with E-state index in [9.17, 15) is 4.79 Å². The summed E-state index contributed by atoms with van der Waals surface area (Å²) in [6, 6.07) is 3.77. The first-order valence-electron chi connectivity index (χ1n) is 7.22. The Morgan fingerprint density at radius 3 is 2.35 bits per heavy atom. The Bertz CT molecular complexity index is 352. The van der Waals surface area contributed by atoms with Crippen LogP contribution in [0.1, 0.15) is 6.92 Å². The van der Waals surface area contributed by atoms with Crippen molar-refractivity contribution in [2.24, 2.45) is 0 Å². The van der Waals surface area contributed by atoms with E-state index in [1.54, 1.807) is 0 Å². The maximum atomic E-state index is 11.1. The third-order valence-electron chi connectivity index (χ3n) is 2.91. The third kappa shape index (κ3) is 10.4. The van der Waals surface area contributed by atoms with E-state index in [4.69, 9.17) is 8.85 Å². The van der Waals surface area contributed by atoms with Gasteiger partial charge in [0, 0.05) is 15.6 Å². The van der Waals surface area contributed by atoms with Gasteiger partial charge in [0.15, 0.2) is 8.32 Å². The molecule has 0 N–H and O–H groups in total. The first kappa shape index (κ1) is 19.6. The molecule has 0 saturated heterocycles. The summed E-state index contributed by atoms with van der Waals surface area (Å²) in [5.41, 5.74) is 1.31. The fraction of sp³-hybridized carbons (Fsp3) is 0.643. The Balaban J connectivity index is 4.17. The molecule has 3 nitrogen and oxygen atoms in total. The van der Waals surface area contributed by atoms with E-state index in [-0.39, 0.29) is 15.5 Å². The zero-order valence-corrected chi connectivity index (χ0v) is 17.2. The van der Waals surface area contributed by atoms with Crippen LogP contribution in [-0.2, 0) is 13.6 Å². The van der Waals surface area contributed by atoms with Gasteiger partial charge < -0.3 is 8.85 Å². The highest BCUT2D eigenvalue weighted by Crippen LogP contribution is 2.21. The van der Waals surface area contributed by atoms with Crippen LogP contribution in [0.25, 0.3) is 0 Å². The van der Waals surface area contributed by atoms with Crippen LogP contribution in [0.4, 0.5) is 0 Å². The second kappa shape index (κ2) is 8.76. The minimum atomic E-state index is -1.93. The normalized spacial score (nSPS) is 12.7. The fourth-order valence-corrected chi connectivity index (χ4v) is 14.5. The Morgan fingerprint density at radius 2 is 1.85 bits per heavy atom. The number of esters is 1. The summed E-state index contributed by atoms with van der Waals surface area (Å²) in [7, 11) is -3.60. The summed E-state index contributed by atoms with van der Waals surface area (Å²) in [6.07, 6.45) is 1.62. The largest absolute Gasteiger partial charge is 0.463 e. The van der Waals surface area contributed by atoms with Gasteiger partial charge in [-0.2, -0.15) is 0 Å². The minimum absolute atomic E-state index is 0.0252. The summed E-state index contributed by atoms with van der Waals surface area (Å²) in [4.78, 5) is 11.1. The zero-order chi connectivity index (χ0) is 15.8. The fourth-order valence-electron chi connectivity index (χ4n) is 2.11. The molecule has 0 spiro atoms. The molecule has 0 aromatic heterocycles. The van der Waals surface area contributed by atoms with E-state index in [0.29, 0.717) is 6.23 Å². The monoisotopic (exact) mass is 330 g/mol.